The summed E-state index contributed by atoms with van der Waals surface area (Å²) in [5, 5.41) is 2.33. The van der Waals surface area contributed by atoms with Gasteiger partial charge in [0, 0.05) is 44.9 Å². The molecule has 1 atom stereocenters. The molecule has 36 heavy (non-hydrogen) atoms. The van der Waals surface area contributed by atoms with Crippen molar-refractivity contribution in [1.29, 1.82) is 0 Å². The van der Waals surface area contributed by atoms with Crippen LogP contribution in [0.4, 0.5) is 10.1 Å². The first-order chi connectivity index (χ1) is 17.2. The first kappa shape index (κ1) is 24.4. The number of halogens is 1. The summed E-state index contributed by atoms with van der Waals surface area (Å²) < 4.78 is 14.6. The highest BCUT2D eigenvalue weighted by Crippen LogP contribution is 2.38. The normalized spacial score (nSPS) is 21.1. The summed E-state index contributed by atoms with van der Waals surface area (Å²) in [4.78, 5) is 43.1. The quantitative estimate of drug-likeness (QED) is 0.649. The molecule has 0 aliphatic carbocycles. The van der Waals surface area contributed by atoms with Crippen LogP contribution >= 0.6 is 0 Å². The van der Waals surface area contributed by atoms with Crippen molar-refractivity contribution >= 4 is 23.4 Å². The Bertz CT molecular complexity index is 1220. The fraction of sp³-hybridized carbons (Fsp3) is 0.464. The molecule has 2 aromatic rings. The lowest BCUT2D eigenvalue weighted by atomic mass is 9.85. The fourth-order valence-corrected chi connectivity index (χ4v) is 6.00. The minimum absolute atomic E-state index is 0.165. The summed E-state index contributed by atoms with van der Waals surface area (Å²) in [6.45, 7) is 5.09. The third kappa shape index (κ3) is 4.62. The number of fused-ring (bicyclic) bond motifs is 1. The third-order valence-electron chi connectivity index (χ3n) is 7.83. The Kier molecular flexibility index (Phi) is 6.55. The number of imide groups is 1. The molecule has 0 saturated carbocycles. The zero-order valence-electron chi connectivity index (χ0n) is 21.1. The van der Waals surface area contributed by atoms with Gasteiger partial charge in [0.15, 0.2) is 0 Å². The first-order valence-corrected chi connectivity index (χ1v) is 12.7. The van der Waals surface area contributed by atoms with Crippen molar-refractivity contribution in [2.75, 3.05) is 32.1 Å². The van der Waals surface area contributed by atoms with Crippen LogP contribution in [0.5, 0.6) is 0 Å². The molecule has 1 N–H and O–H groups in total. The maximum Gasteiger partial charge on any atom is 0.255 e. The summed E-state index contributed by atoms with van der Waals surface area (Å²) in [6.07, 6.45) is 2.28. The third-order valence-corrected chi connectivity index (χ3v) is 7.83. The summed E-state index contributed by atoms with van der Waals surface area (Å²) in [5.41, 5.74) is 5.84. The number of benzene rings is 2. The van der Waals surface area contributed by atoms with Crippen LogP contribution in [-0.2, 0) is 22.7 Å². The number of piperidine rings is 2. The van der Waals surface area contributed by atoms with E-state index in [0.717, 1.165) is 43.6 Å². The second kappa shape index (κ2) is 9.65. The van der Waals surface area contributed by atoms with E-state index in [9.17, 15) is 18.8 Å². The van der Waals surface area contributed by atoms with E-state index in [1.807, 2.05) is 14.1 Å². The van der Waals surface area contributed by atoms with Crippen molar-refractivity contribution in [3.63, 3.8) is 0 Å². The minimum Gasteiger partial charge on any atom is -0.377 e. The number of aryl methyl sites for hydroxylation is 1. The van der Waals surface area contributed by atoms with Crippen LogP contribution in [0, 0.1) is 12.7 Å². The second-order valence-corrected chi connectivity index (χ2v) is 10.5. The fourth-order valence-electron chi connectivity index (χ4n) is 6.00. The average Bonchev–Trinajstić information content (AvgIpc) is 3.15. The lowest BCUT2D eigenvalue weighted by Gasteiger charge is -2.33. The SMILES string of the molecule is Cc1cc(CN2CCC(c3cc(F)cc4c3CN(C3CCC(=O)NC3=O)C4=O)CC2)ccc1N(C)C. The molecule has 190 valence electrons. The standard InChI is InChI=1S/C28H33FN4O3/c1-17-12-18(4-5-24(17)31(2)3)15-32-10-8-19(9-11-32)21-13-20(29)14-22-23(21)16-33(28(22)36)25-6-7-26(34)30-27(25)35/h4-5,12-14,19,25H,6-11,15-16H2,1-3H3,(H,30,34,35). The number of likely N-dealkylation sites (tertiary alicyclic amines) is 1. The maximum atomic E-state index is 14.6. The zero-order chi connectivity index (χ0) is 25.6. The van der Waals surface area contributed by atoms with Crippen LogP contribution in [0.15, 0.2) is 30.3 Å². The van der Waals surface area contributed by atoms with Crippen LogP contribution in [0.3, 0.4) is 0 Å². The predicted octanol–water partition coefficient (Wildman–Crippen LogP) is 3.34. The lowest BCUT2D eigenvalue weighted by Crippen LogP contribution is -2.52. The molecule has 5 rings (SSSR count). The van der Waals surface area contributed by atoms with Crippen LogP contribution in [0.2, 0.25) is 0 Å². The van der Waals surface area contributed by atoms with Crippen molar-refractivity contribution < 1.29 is 18.8 Å². The van der Waals surface area contributed by atoms with Gasteiger partial charge in [-0.1, -0.05) is 12.1 Å². The van der Waals surface area contributed by atoms with E-state index in [0.29, 0.717) is 12.0 Å². The van der Waals surface area contributed by atoms with E-state index in [-0.39, 0.29) is 30.7 Å². The molecule has 7 nitrogen and oxygen atoms in total. The monoisotopic (exact) mass is 492 g/mol. The Labute approximate surface area is 211 Å². The van der Waals surface area contributed by atoms with Gasteiger partial charge in [0.05, 0.1) is 0 Å². The molecule has 3 aliphatic rings. The number of carbonyl (C=O) groups is 3. The number of amides is 3. The van der Waals surface area contributed by atoms with Crippen LogP contribution in [0.1, 0.15) is 64.2 Å². The number of nitrogens with one attached hydrogen (secondary N) is 1. The highest BCUT2D eigenvalue weighted by molar-refractivity contribution is 6.05. The molecular weight excluding hydrogens is 459 g/mol. The molecule has 0 bridgehead atoms. The molecule has 2 saturated heterocycles. The number of rotatable bonds is 5. The van der Waals surface area contributed by atoms with E-state index >= 15 is 0 Å². The molecule has 0 spiro atoms. The van der Waals surface area contributed by atoms with Gasteiger partial charge >= 0.3 is 0 Å². The van der Waals surface area contributed by atoms with Crippen LogP contribution in [-0.4, -0.2) is 60.7 Å². The van der Waals surface area contributed by atoms with Crippen molar-refractivity contribution in [2.24, 2.45) is 0 Å². The van der Waals surface area contributed by atoms with Gasteiger partial charge in [0.1, 0.15) is 11.9 Å². The highest BCUT2D eigenvalue weighted by atomic mass is 19.1. The van der Waals surface area contributed by atoms with Gasteiger partial charge in [-0.15, -0.1) is 0 Å². The molecule has 2 fully saturated rings. The van der Waals surface area contributed by atoms with Gasteiger partial charge in [-0.2, -0.15) is 0 Å². The smallest absolute Gasteiger partial charge is 0.255 e. The largest absolute Gasteiger partial charge is 0.377 e. The Morgan fingerprint density at radius 2 is 1.81 bits per heavy atom. The van der Waals surface area contributed by atoms with Gasteiger partial charge in [0.25, 0.3) is 5.91 Å². The molecule has 0 aromatic heterocycles. The van der Waals surface area contributed by atoms with Crippen molar-refractivity contribution in [3.8, 4) is 0 Å². The number of hydrogen-bond acceptors (Lipinski definition) is 5. The minimum atomic E-state index is -0.692. The van der Waals surface area contributed by atoms with E-state index in [2.05, 4.69) is 40.2 Å². The maximum absolute atomic E-state index is 14.6. The molecule has 3 aliphatic heterocycles. The van der Waals surface area contributed by atoms with E-state index in [1.165, 1.54) is 27.8 Å². The Hall–Kier alpha value is -3.26. The van der Waals surface area contributed by atoms with Gasteiger partial charge in [-0.25, -0.2) is 4.39 Å². The molecule has 2 aromatic carbocycles. The van der Waals surface area contributed by atoms with Crippen molar-refractivity contribution in [3.05, 3.63) is 64.0 Å². The topological polar surface area (TPSA) is 73.0 Å². The molecule has 3 heterocycles. The molecule has 8 heteroatoms. The zero-order valence-corrected chi connectivity index (χ0v) is 21.1. The van der Waals surface area contributed by atoms with E-state index in [4.69, 9.17) is 0 Å². The predicted molar refractivity (Wildman–Crippen MR) is 135 cm³/mol. The van der Waals surface area contributed by atoms with Gasteiger partial charge in [-0.3, -0.25) is 24.6 Å². The summed E-state index contributed by atoms with van der Waals surface area (Å²) in [5.74, 6) is -1.34. The lowest BCUT2D eigenvalue weighted by molar-refractivity contribution is -0.136. The highest BCUT2D eigenvalue weighted by Gasteiger charge is 2.41. The number of carbonyl (C=O) groups excluding carboxylic acids is 3. The molecule has 0 radical (unpaired) electrons. The average molecular weight is 493 g/mol. The summed E-state index contributed by atoms with van der Waals surface area (Å²) in [7, 11) is 4.10. The number of anilines is 1. The van der Waals surface area contributed by atoms with E-state index in [1.54, 1.807) is 6.07 Å². The van der Waals surface area contributed by atoms with Crippen molar-refractivity contribution in [1.82, 2.24) is 15.1 Å². The van der Waals surface area contributed by atoms with Gasteiger partial charge < -0.3 is 9.80 Å². The van der Waals surface area contributed by atoms with Gasteiger partial charge in [0.2, 0.25) is 11.8 Å². The molecule has 1 unspecified atom stereocenters. The van der Waals surface area contributed by atoms with Crippen molar-refractivity contribution in [2.45, 2.75) is 57.7 Å². The molecule has 3 amide bonds. The summed E-state index contributed by atoms with van der Waals surface area (Å²) >= 11 is 0. The van der Waals surface area contributed by atoms with Crippen LogP contribution in [0.25, 0.3) is 0 Å². The second-order valence-electron chi connectivity index (χ2n) is 10.5. The Morgan fingerprint density at radius 3 is 2.47 bits per heavy atom. The first-order valence-electron chi connectivity index (χ1n) is 12.7. The Morgan fingerprint density at radius 1 is 1.06 bits per heavy atom. The van der Waals surface area contributed by atoms with Crippen LogP contribution < -0.4 is 10.2 Å². The number of nitrogens with zero attached hydrogens (tertiary/aromatic N) is 3. The van der Waals surface area contributed by atoms with E-state index < -0.39 is 17.8 Å². The Balaban J connectivity index is 1.28. The van der Waals surface area contributed by atoms with Gasteiger partial charge in [-0.05, 0) is 85.6 Å². The summed E-state index contributed by atoms with van der Waals surface area (Å²) in [6, 6.07) is 8.77. The molecular formula is C28H33FN4O3. The number of hydrogen-bond donors (Lipinski definition) is 1.